The molecule has 0 radical (unpaired) electrons. The van der Waals surface area contributed by atoms with E-state index in [0.29, 0.717) is 5.41 Å². The number of anilines is 1. The number of hydrogen-bond acceptors (Lipinski definition) is 4. The molecule has 0 bridgehead atoms. The van der Waals surface area contributed by atoms with Gasteiger partial charge in [-0.15, -0.1) is 11.3 Å². The van der Waals surface area contributed by atoms with Crippen LogP contribution in [0, 0.1) is 12.3 Å². The zero-order valence-electron chi connectivity index (χ0n) is 13.0. The molecule has 0 atom stereocenters. The summed E-state index contributed by atoms with van der Waals surface area (Å²) in [7, 11) is 4.01. The molecule has 3 heterocycles. The summed E-state index contributed by atoms with van der Waals surface area (Å²) in [5.74, 6) is 0.160. The first-order valence-electron chi connectivity index (χ1n) is 7.39. The Bertz CT molecular complexity index is 550. The number of aryl methyl sites for hydroxylation is 1. The molecule has 21 heavy (non-hydrogen) atoms. The van der Waals surface area contributed by atoms with E-state index in [0.717, 1.165) is 32.7 Å². The minimum absolute atomic E-state index is 0.160. The average molecular weight is 305 g/mol. The molecule has 1 aromatic rings. The van der Waals surface area contributed by atoms with E-state index in [9.17, 15) is 4.79 Å². The third kappa shape index (κ3) is 2.99. The first-order chi connectivity index (χ1) is 9.97. The fourth-order valence-electron chi connectivity index (χ4n) is 3.10. The highest BCUT2D eigenvalue weighted by atomic mass is 32.1. The molecule has 4 nitrogen and oxygen atoms in total. The molecular formula is C16H23N3OS. The van der Waals surface area contributed by atoms with Crippen LogP contribution in [0.5, 0.6) is 0 Å². The van der Waals surface area contributed by atoms with Crippen molar-refractivity contribution in [2.24, 2.45) is 5.41 Å². The zero-order chi connectivity index (χ0) is 15.0. The Morgan fingerprint density at radius 2 is 2.05 bits per heavy atom. The minimum Gasteiger partial charge on any atom is -0.362 e. The van der Waals surface area contributed by atoms with Crippen LogP contribution in [-0.2, 0) is 4.79 Å². The summed E-state index contributed by atoms with van der Waals surface area (Å²) in [6, 6.07) is 4.38. The molecule has 5 heteroatoms. The van der Waals surface area contributed by atoms with Crippen molar-refractivity contribution in [1.29, 1.82) is 0 Å². The van der Waals surface area contributed by atoms with Gasteiger partial charge in [-0.05, 0) is 33.2 Å². The van der Waals surface area contributed by atoms with Gasteiger partial charge in [0, 0.05) is 49.1 Å². The summed E-state index contributed by atoms with van der Waals surface area (Å²) in [4.78, 5) is 19.8. The molecule has 0 N–H and O–H groups in total. The summed E-state index contributed by atoms with van der Waals surface area (Å²) in [5, 5.41) is 1.37. The molecule has 1 aromatic heterocycles. The van der Waals surface area contributed by atoms with Gasteiger partial charge in [0.2, 0.25) is 5.91 Å². The van der Waals surface area contributed by atoms with Crippen LogP contribution in [0.15, 0.2) is 24.3 Å². The molecular weight excluding hydrogens is 282 g/mol. The number of likely N-dealkylation sites (N-methyl/N-ethyl adjacent to an activating group) is 1. The van der Waals surface area contributed by atoms with Gasteiger partial charge in [-0.3, -0.25) is 4.79 Å². The van der Waals surface area contributed by atoms with E-state index in [4.69, 9.17) is 0 Å². The van der Waals surface area contributed by atoms with Crippen molar-refractivity contribution in [3.8, 4) is 0 Å². The van der Waals surface area contributed by atoms with E-state index < -0.39 is 0 Å². The van der Waals surface area contributed by atoms with Crippen molar-refractivity contribution in [3.63, 3.8) is 0 Å². The second-order valence-electron chi connectivity index (χ2n) is 6.60. The lowest BCUT2D eigenvalue weighted by molar-refractivity contribution is -0.139. The van der Waals surface area contributed by atoms with Gasteiger partial charge in [0.25, 0.3) is 0 Å². The fourth-order valence-corrected chi connectivity index (χ4v) is 3.96. The number of rotatable bonds is 4. The van der Waals surface area contributed by atoms with Gasteiger partial charge in [0.05, 0.1) is 5.00 Å². The minimum atomic E-state index is 0.160. The smallest absolute Gasteiger partial charge is 0.246 e. The van der Waals surface area contributed by atoms with Crippen LogP contribution < -0.4 is 4.90 Å². The van der Waals surface area contributed by atoms with Gasteiger partial charge in [-0.25, -0.2) is 0 Å². The van der Waals surface area contributed by atoms with Gasteiger partial charge < -0.3 is 14.7 Å². The SMILES string of the molecule is Cc1ccc(N2CC3(CN(C(=O)/C=C/CN(C)C)C3)C2)s1. The highest BCUT2D eigenvalue weighted by molar-refractivity contribution is 7.16. The first-order valence-corrected chi connectivity index (χ1v) is 8.21. The highest BCUT2D eigenvalue weighted by Gasteiger charge is 2.53. The third-order valence-electron chi connectivity index (χ3n) is 4.19. The molecule has 114 valence electrons. The quantitative estimate of drug-likeness (QED) is 0.794. The molecule has 2 aliphatic rings. The van der Waals surface area contributed by atoms with Crippen LogP contribution in [0.25, 0.3) is 0 Å². The normalized spacial score (nSPS) is 20.2. The lowest BCUT2D eigenvalue weighted by Crippen LogP contribution is -2.72. The van der Waals surface area contributed by atoms with Gasteiger partial charge in [-0.1, -0.05) is 6.08 Å². The van der Waals surface area contributed by atoms with Crippen molar-refractivity contribution < 1.29 is 4.79 Å². The number of carbonyl (C=O) groups excluding carboxylic acids is 1. The topological polar surface area (TPSA) is 26.8 Å². The Morgan fingerprint density at radius 1 is 1.33 bits per heavy atom. The van der Waals surface area contributed by atoms with Crippen LogP contribution in [-0.4, -0.2) is 62.5 Å². The molecule has 3 rings (SSSR count). The largest absolute Gasteiger partial charge is 0.362 e. The van der Waals surface area contributed by atoms with Crippen LogP contribution in [0.4, 0.5) is 5.00 Å². The van der Waals surface area contributed by atoms with Crippen molar-refractivity contribution in [3.05, 3.63) is 29.2 Å². The number of nitrogens with zero attached hydrogens (tertiary/aromatic N) is 3. The Balaban J connectivity index is 1.44. The van der Waals surface area contributed by atoms with Crippen LogP contribution in [0.2, 0.25) is 0 Å². The molecule has 1 spiro atoms. The predicted octanol–water partition coefficient (Wildman–Crippen LogP) is 1.82. The maximum Gasteiger partial charge on any atom is 0.246 e. The predicted molar refractivity (Wildman–Crippen MR) is 88.0 cm³/mol. The Kier molecular flexibility index (Phi) is 3.80. The van der Waals surface area contributed by atoms with Gasteiger partial charge in [-0.2, -0.15) is 0 Å². The Hall–Kier alpha value is -1.33. The lowest BCUT2D eigenvalue weighted by atomic mass is 9.73. The van der Waals surface area contributed by atoms with E-state index in [1.54, 1.807) is 6.08 Å². The van der Waals surface area contributed by atoms with E-state index >= 15 is 0 Å². The molecule has 0 saturated carbocycles. The number of thiophene rings is 1. The van der Waals surface area contributed by atoms with Crippen molar-refractivity contribution in [1.82, 2.24) is 9.80 Å². The third-order valence-corrected chi connectivity index (χ3v) is 5.25. The summed E-state index contributed by atoms with van der Waals surface area (Å²) >= 11 is 1.86. The van der Waals surface area contributed by atoms with E-state index in [1.165, 1.54) is 9.88 Å². The molecule has 0 aromatic carbocycles. The maximum absolute atomic E-state index is 12.0. The second kappa shape index (κ2) is 5.46. The first kappa shape index (κ1) is 14.6. The van der Waals surface area contributed by atoms with Gasteiger partial charge in [0.1, 0.15) is 0 Å². The van der Waals surface area contributed by atoms with Crippen LogP contribution in [0.3, 0.4) is 0 Å². The van der Waals surface area contributed by atoms with Crippen molar-refractivity contribution in [2.45, 2.75) is 6.92 Å². The number of hydrogen-bond donors (Lipinski definition) is 0. The Labute approximate surface area is 130 Å². The lowest BCUT2D eigenvalue weighted by Gasteiger charge is -2.60. The second-order valence-corrected chi connectivity index (χ2v) is 7.87. The molecule has 2 saturated heterocycles. The summed E-state index contributed by atoms with van der Waals surface area (Å²) in [6.45, 7) is 6.98. The molecule has 1 amide bonds. The standard InChI is InChI=1S/C16H23N3OS/c1-13-6-7-15(21-13)19-11-16(12-19)9-18(10-16)14(20)5-4-8-17(2)3/h4-7H,8-12H2,1-3H3/b5-4+. The van der Waals surface area contributed by atoms with Gasteiger partial charge in [0.15, 0.2) is 0 Å². The maximum atomic E-state index is 12.0. The zero-order valence-corrected chi connectivity index (χ0v) is 13.8. The molecule has 0 unspecified atom stereocenters. The average Bonchev–Trinajstić information content (AvgIpc) is 2.71. The number of carbonyl (C=O) groups is 1. The summed E-state index contributed by atoms with van der Waals surface area (Å²) < 4.78 is 0. The fraction of sp³-hybridized carbons (Fsp3) is 0.562. The number of amides is 1. The molecule has 2 aliphatic heterocycles. The Morgan fingerprint density at radius 3 is 2.62 bits per heavy atom. The van der Waals surface area contributed by atoms with Crippen molar-refractivity contribution >= 4 is 22.2 Å². The molecule has 0 aliphatic carbocycles. The summed E-state index contributed by atoms with van der Waals surface area (Å²) in [6.07, 6.45) is 3.65. The summed E-state index contributed by atoms with van der Waals surface area (Å²) in [5.41, 5.74) is 0.364. The van der Waals surface area contributed by atoms with Gasteiger partial charge >= 0.3 is 0 Å². The monoisotopic (exact) mass is 305 g/mol. The van der Waals surface area contributed by atoms with Crippen LogP contribution >= 0.6 is 11.3 Å². The van der Waals surface area contributed by atoms with E-state index in [1.807, 2.05) is 41.3 Å². The molecule has 2 fully saturated rings. The van der Waals surface area contributed by atoms with E-state index in [2.05, 4.69) is 24.0 Å². The number of likely N-dealkylation sites (tertiary alicyclic amines) is 1. The van der Waals surface area contributed by atoms with Crippen LogP contribution in [0.1, 0.15) is 4.88 Å². The van der Waals surface area contributed by atoms with E-state index in [-0.39, 0.29) is 5.91 Å². The van der Waals surface area contributed by atoms with Crippen molar-refractivity contribution in [2.75, 3.05) is 51.7 Å². The highest BCUT2D eigenvalue weighted by Crippen LogP contribution is 2.43.